The summed E-state index contributed by atoms with van der Waals surface area (Å²) in [6, 6.07) is 13.1. The van der Waals surface area contributed by atoms with Crippen molar-refractivity contribution in [3.05, 3.63) is 91.5 Å². The molecule has 2 aliphatic heterocycles. The highest BCUT2D eigenvalue weighted by molar-refractivity contribution is 9.10. The molecular formula is C24H20BrClF3N5O4. The van der Waals surface area contributed by atoms with Crippen LogP contribution in [0.2, 0.25) is 5.02 Å². The standard InChI is InChI=1S/C24H20BrClF3N5O4/c1-35-22-19(31-33-30)21-17(11-36-23(38-21)12-5-3-2-4-6-12)37-20(22)16-10-18(25)32-34(16)15-9-13(26)7-8-14(15)24(27,28)29/h2-10,17,19-23H,11H2,1H3/t17-,19+,20+,21+,22-,23?/m1/s1. The minimum Gasteiger partial charge on any atom is -0.378 e. The van der Waals surface area contributed by atoms with E-state index in [0.29, 0.717) is 0 Å². The van der Waals surface area contributed by atoms with Gasteiger partial charge in [-0.2, -0.15) is 18.3 Å². The summed E-state index contributed by atoms with van der Waals surface area (Å²) in [6.07, 6.45) is -8.81. The van der Waals surface area contributed by atoms with Gasteiger partial charge in [-0.1, -0.05) is 47.0 Å². The second-order valence-corrected chi connectivity index (χ2v) is 9.88. The first-order valence-electron chi connectivity index (χ1n) is 11.4. The highest BCUT2D eigenvalue weighted by Crippen LogP contribution is 2.43. The highest BCUT2D eigenvalue weighted by Gasteiger charge is 2.51. The number of rotatable bonds is 5. The van der Waals surface area contributed by atoms with E-state index >= 15 is 0 Å². The van der Waals surface area contributed by atoms with Crippen LogP contribution in [0.4, 0.5) is 13.2 Å². The average molecular weight is 615 g/mol. The van der Waals surface area contributed by atoms with Gasteiger partial charge in [0.15, 0.2) is 6.29 Å². The van der Waals surface area contributed by atoms with Crippen LogP contribution in [0.5, 0.6) is 0 Å². The highest BCUT2D eigenvalue weighted by atomic mass is 79.9. The molecule has 2 fully saturated rings. The molecule has 1 unspecified atom stereocenters. The smallest absolute Gasteiger partial charge is 0.378 e. The molecule has 3 heterocycles. The van der Waals surface area contributed by atoms with Crippen molar-refractivity contribution < 1.29 is 32.1 Å². The maximum absolute atomic E-state index is 13.9. The molecule has 0 spiro atoms. The number of benzene rings is 2. The lowest BCUT2D eigenvalue weighted by Gasteiger charge is -2.48. The molecule has 3 aromatic rings. The van der Waals surface area contributed by atoms with Crippen LogP contribution in [0, 0.1) is 0 Å². The minimum absolute atomic E-state index is 0.0783. The SMILES string of the molecule is CO[C@@H]1[C@@H](N=[N+]=[N-])[C@H]2OC(c3ccccc3)OC[C@H]2O[C@H]1c1cc(Br)nn1-c1cc(Cl)ccc1C(F)(F)F. The minimum atomic E-state index is -4.68. The van der Waals surface area contributed by atoms with Crippen molar-refractivity contribution in [3.63, 3.8) is 0 Å². The number of halogens is 5. The number of alkyl halides is 3. The number of ether oxygens (including phenoxy) is 4. The van der Waals surface area contributed by atoms with Crippen LogP contribution >= 0.6 is 27.5 Å². The number of fused-ring (bicyclic) bond motifs is 1. The fourth-order valence-corrected chi connectivity index (χ4v) is 5.31. The van der Waals surface area contributed by atoms with Crippen molar-refractivity contribution >= 4 is 27.5 Å². The fourth-order valence-electron chi connectivity index (χ4n) is 4.75. The van der Waals surface area contributed by atoms with E-state index in [2.05, 4.69) is 31.1 Å². The Bertz CT molecular complexity index is 1350. The third-order valence-corrected chi connectivity index (χ3v) is 7.00. The molecule has 14 heteroatoms. The topological polar surface area (TPSA) is 104 Å². The van der Waals surface area contributed by atoms with Gasteiger partial charge in [-0.25, -0.2) is 4.68 Å². The summed E-state index contributed by atoms with van der Waals surface area (Å²) < 4.78 is 67.2. The zero-order chi connectivity index (χ0) is 27.0. The molecule has 9 nitrogen and oxygen atoms in total. The molecular weight excluding hydrogens is 595 g/mol. The van der Waals surface area contributed by atoms with Crippen LogP contribution in [0.15, 0.2) is 64.3 Å². The zero-order valence-corrected chi connectivity index (χ0v) is 22.0. The molecule has 0 saturated carbocycles. The second-order valence-electron chi connectivity index (χ2n) is 8.63. The van der Waals surface area contributed by atoms with Gasteiger partial charge in [0.1, 0.15) is 29.0 Å². The Morgan fingerprint density at radius 2 is 1.95 bits per heavy atom. The van der Waals surface area contributed by atoms with Crippen molar-refractivity contribution in [2.75, 3.05) is 13.7 Å². The Morgan fingerprint density at radius 1 is 1.18 bits per heavy atom. The van der Waals surface area contributed by atoms with Crippen LogP contribution in [-0.2, 0) is 25.1 Å². The second kappa shape index (κ2) is 10.9. The largest absolute Gasteiger partial charge is 0.418 e. The van der Waals surface area contributed by atoms with Crippen LogP contribution in [0.1, 0.15) is 29.2 Å². The molecule has 5 rings (SSSR count). The molecule has 200 valence electrons. The maximum atomic E-state index is 13.9. The number of azide groups is 1. The monoisotopic (exact) mass is 613 g/mol. The molecule has 0 bridgehead atoms. The first-order valence-corrected chi connectivity index (χ1v) is 12.6. The van der Waals surface area contributed by atoms with E-state index in [1.54, 1.807) is 0 Å². The van der Waals surface area contributed by atoms with Gasteiger partial charge in [0.2, 0.25) is 0 Å². The fraction of sp³-hybridized carbons (Fsp3) is 0.375. The van der Waals surface area contributed by atoms with Gasteiger partial charge in [-0.05, 0) is 45.7 Å². The summed E-state index contributed by atoms with van der Waals surface area (Å²) in [5.41, 5.74) is 9.11. The third-order valence-electron chi connectivity index (χ3n) is 6.37. The van der Waals surface area contributed by atoms with Gasteiger partial charge in [0.25, 0.3) is 0 Å². The van der Waals surface area contributed by atoms with Gasteiger partial charge in [0, 0.05) is 22.6 Å². The summed E-state index contributed by atoms with van der Waals surface area (Å²) in [5, 5.41) is 8.29. The first-order chi connectivity index (χ1) is 18.2. The summed E-state index contributed by atoms with van der Waals surface area (Å²) in [4.78, 5) is 2.99. The summed E-state index contributed by atoms with van der Waals surface area (Å²) >= 11 is 9.33. The van der Waals surface area contributed by atoms with Crippen molar-refractivity contribution in [1.29, 1.82) is 0 Å². The third kappa shape index (κ3) is 5.15. The summed E-state index contributed by atoms with van der Waals surface area (Å²) in [5.74, 6) is 0. The normalized spacial score (nSPS) is 27.4. The van der Waals surface area contributed by atoms with Crippen LogP contribution in [-0.4, -0.2) is 47.9 Å². The molecule has 2 aromatic carbocycles. The number of methoxy groups -OCH3 is 1. The number of nitrogens with zero attached hydrogens (tertiary/aromatic N) is 5. The first kappa shape index (κ1) is 26.9. The van der Waals surface area contributed by atoms with Crippen LogP contribution in [0.25, 0.3) is 16.1 Å². The Labute approximate surface area is 228 Å². The molecule has 1 aromatic heterocycles. The Kier molecular flexibility index (Phi) is 7.70. The van der Waals surface area contributed by atoms with Crippen LogP contribution < -0.4 is 0 Å². The molecule has 0 aliphatic carbocycles. The lowest BCUT2D eigenvalue weighted by atomic mass is 9.90. The molecule has 2 saturated heterocycles. The van der Waals surface area contributed by atoms with E-state index in [-0.39, 0.29) is 27.6 Å². The molecule has 0 radical (unpaired) electrons. The summed E-state index contributed by atoms with van der Waals surface area (Å²) in [7, 11) is 1.39. The quantitative estimate of drug-likeness (QED) is 0.184. The molecule has 0 N–H and O–H groups in total. The van der Waals surface area contributed by atoms with Gasteiger partial charge < -0.3 is 18.9 Å². The molecule has 38 heavy (non-hydrogen) atoms. The van der Waals surface area contributed by atoms with Gasteiger partial charge in [-0.3, -0.25) is 0 Å². The van der Waals surface area contributed by atoms with Crippen LogP contribution in [0.3, 0.4) is 0 Å². The average Bonchev–Trinajstić information content (AvgIpc) is 3.29. The van der Waals surface area contributed by atoms with Gasteiger partial charge in [0.05, 0.1) is 29.6 Å². The Balaban J connectivity index is 1.55. The van der Waals surface area contributed by atoms with E-state index < -0.39 is 48.5 Å². The number of hydrogen-bond donors (Lipinski definition) is 0. The van der Waals surface area contributed by atoms with E-state index in [1.165, 1.54) is 19.2 Å². The van der Waals surface area contributed by atoms with Gasteiger partial charge in [-0.15, -0.1) is 0 Å². The van der Waals surface area contributed by atoms with E-state index in [4.69, 9.17) is 30.5 Å². The maximum Gasteiger partial charge on any atom is 0.418 e. The predicted octanol–water partition coefficient (Wildman–Crippen LogP) is 6.56. The van der Waals surface area contributed by atoms with E-state index in [9.17, 15) is 18.7 Å². The van der Waals surface area contributed by atoms with Gasteiger partial charge >= 0.3 is 6.18 Å². The molecule has 2 aliphatic rings. The zero-order valence-electron chi connectivity index (χ0n) is 19.6. The number of hydrogen-bond acceptors (Lipinski definition) is 6. The Hall–Kier alpha value is -2.64. The predicted molar refractivity (Wildman–Crippen MR) is 133 cm³/mol. The Morgan fingerprint density at radius 3 is 2.63 bits per heavy atom. The lowest BCUT2D eigenvalue weighted by molar-refractivity contribution is -0.310. The number of aromatic nitrogens is 2. The summed E-state index contributed by atoms with van der Waals surface area (Å²) in [6.45, 7) is 0.0783. The van der Waals surface area contributed by atoms with E-state index in [0.717, 1.165) is 22.4 Å². The van der Waals surface area contributed by atoms with Crippen molar-refractivity contribution in [2.45, 2.75) is 42.9 Å². The van der Waals surface area contributed by atoms with Crippen molar-refractivity contribution in [3.8, 4) is 5.69 Å². The molecule has 0 amide bonds. The van der Waals surface area contributed by atoms with Crippen molar-refractivity contribution in [1.82, 2.24) is 9.78 Å². The lowest BCUT2D eigenvalue weighted by Crippen LogP contribution is -2.59. The van der Waals surface area contributed by atoms with Crippen molar-refractivity contribution in [2.24, 2.45) is 5.11 Å². The molecule has 6 atom stereocenters. The van der Waals surface area contributed by atoms with E-state index in [1.807, 2.05) is 30.3 Å².